The zero-order chi connectivity index (χ0) is 13.3. The molecule has 4 heteroatoms. The fourth-order valence-corrected chi connectivity index (χ4v) is 2.59. The van der Waals surface area contributed by atoms with Crippen LogP contribution in [0.15, 0.2) is 22.6 Å². The van der Waals surface area contributed by atoms with E-state index in [2.05, 4.69) is 9.24 Å². The van der Waals surface area contributed by atoms with Crippen LogP contribution in [0.2, 0.25) is 0 Å². The van der Waals surface area contributed by atoms with Gasteiger partial charge in [-0.15, -0.1) is 0 Å². The fourth-order valence-electron chi connectivity index (χ4n) is 1.92. The standard InChI is InChI=1S/C14H16N2OS/c1-14(2,3)18(17)16-13-9-8-11-10(13)6-5-7-12(11)15-4/h5-7H,8-9H2,1-3H3/b16-13+/t18-/m0/s1. The normalized spacial score (nSPS) is 18.4. The van der Waals surface area contributed by atoms with Gasteiger partial charge in [-0.3, -0.25) is 0 Å². The Morgan fingerprint density at radius 1 is 1.33 bits per heavy atom. The van der Waals surface area contributed by atoms with Gasteiger partial charge in [0.25, 0.3) is 0 Å². The number of nitrogens with zero attached hydrogens (tertiary/aromatic N) is 2. The van der Waals surface area contributed by atoms with Crippen molar-refractivity contribution in [1.82, 2.24) is 0 Å². The molecule has 1 aromatic carbocycles. The summed E-state index contributed by atoms with van der Waals surface area (Å²) in [6.45, 7) is 12.9. The van der Waals surface area contributed by atoms with Crippen molar-refractivity contribution in [2.45, 2.75) is 38.4 Å². The molecule has 94 valence electrons. The van der Waals surface area contributed by atoms with Crippen LogP contribution in [0.4, 0.5) is 5.69 Å². The first-order valence-electron chi connectivity index (χ1n) is 5.93. The zero-order valence-corrected chi connectivity index (χ0v) is 11.7. The molecule has 1 aliphatic rings. The Balaban J connectivity index is 2.42. The molecule has 0 unspecified atom stereocenters. The number of hydrogen-bond acceptors (Lipinski definition) is 1. The summed E-state index contributed by atoms with van der Waals surface area (Å²) in [7, 11) is -1.23. The quantitative estimate of drug-likeness (QED) is 0.712. The Morgan fingerprint density at radius 2 is 2.06 bits per heavy atom. The molecular formula is C14H16N2OS. The van der Waals surface area contributed by atoms with Gasteiger partial charge >= 0.3 is 0 Å². The Hall–Kier alpha value is -1.47. The molecule has 0 radical (unpaired) electrons. The van der Waals surface area contributed by atoms with E-state index in [4.69, 9.17) is 6.57 Å². The Kier molecular flexibility index (Phi) is 3.36. The van der Waals surface area contributed by atoms with Crippen LogP contribution in [0, 0.1) is 6.57 Å². The smallest absolute Gasteiger partial charge is 0.191 e. The van der Waals surface area contributed by atoms with Crippen LogP contribution in [0.5, 0.6) is 0 Å². The van der Waals surface area contributed by atoms with Crippen LogP contribution in [0.3, 0.4) is 0 Å². The lowest BCUT2D eigenvalue weighted by Crippen LogP contribution is -2.20. The molecule has 2 rings (SSSR count). The molecule has 18 heavy (non-hydrogen) atoms. The highest BCUT2D eigenvalue weighted by molar-refractivity contribution is 7.85. The van der Waals surface area contributed by atoms with Crippen molar-refractivity contribution in [2.24, 2.45) is 4.40 Å². The minimum Gasteiger partial charge on any atom is -0.238 e. The van der Waals surface area contributed by atoms with Crippen molar-refractivity contribution in [1.29, 1.82) is 0 Å². The predicted molar refractivity (Wildman–Crippen MR) is 75.5 cm³/mol. The first-order valence-corrected chi connectivity index (χ1v) is 7.03. The highest BCUT2D eigenvalue weighted by Gasteiger charge is 2.24. The molecule has 1 aromatic rings. The molecule has 1 aliphatic carbocycles. The topological polar surface area (TPSA) is 33.8 Å². The Bertz CT molecular complexity index is 576. The minimum atomic E-state index is -1.23. The van der Waals surface area contributed by atoms with Gasteiger partial charge in [0.15, 0.2) is 5.69 Å². The molecule has 0 aliphatic heterocycles. The molecule has 0 amide bonds. The van der Waals surface area contributed by atoms with Gasteiger partial charge < -0.3 is 0 Å². The van der Waals surface area contributed by atoms with Gasteiger partial charge in [-0.1, -0.05) is 18.2 Å². The maximum Gasteiger partial charge on any atom is 0.191 e. The average Bonchev–Trinajstić information content (AvgIpc) is 2.71. The van der Waals surface area contributed by atoms with E-state index in [1.54, 1.807) is 0 Å². The molecule has 0 aromatic heterocycles. The van der Waals surface area contributed by atoms with Crippen molar-refractivity contribution in [3.63, 3.8) is 0 Å². The van der Waals surface area contributed by atoms with Gasteiger partial charge in [-0.05, 0) is 44.7 Å². The summed E-state index contributed by atoms with van der Waals surface area (Å²) in [6, 6.07) is 5.66. The van der Waals surface area contributed by atoms with Crippen LogP contribution in [-0.4, -0.2) is 14.7 Å². The minimum absolute atomic E-state index is 0.340. The fraction of sp³-hybridized carbons (Fsp3) is 0.429. The van der Waals surface area contributed by atoms with E-state index in [9.17, 15) is 4.21 Å². The Morgan fingerprint density at radius 3 is 2.67 bits per heavy atom. The Labute approximate surface area is 110 Å². The second-order valence-corrected chi connectivity index (χ2v) is 7.22. The first-order chi connectivity index (χ1) is 8.43. The average molecular weight is 260 g/mol. The van der Waals surface area contributed by atoms with Crippen molar-refractivity contribution in [3.05, 3.63) is 40.7 Å². The van der Waals surface area contributed by atoms with E-state index in [0.717, 1.165) is 29.7 Å². The van der Waals surface area contributed by atoms with Gasteiger partial charge in [-0.2, -0.15) is 4.40 Å². The van der Waals surface area contributed by atoms with Crippen LogP contribution in [0.25, 0.3) is 4.85 Å². The molecule has 0 heterocycles. The second-order valence-electron chi connectivity index (χ2n) is 5.31. The van der Waals surface area contributed by atoms with Crippen LogP contribution in [0.1, 0.15) is 38.3 Å². The third-order valence-corrected chi connectivity index (χ3v) is 4.35. The highest BCUT2D eigenvalue weighted by Crippen LogP contribution is 2.31. The lowest BCUT2D eigenvalue weighted by atomic mass is 10.1. The molecular weight excluding hydrogens is 244 g/mol. The van der Waals surface area contributed by atoms with Crippen molar-refractivity contribution < 1.29 is 4.21 Å². The van der Waals surface area contributed by atoms with E-state index < -0.39 is 11.0 Å². The predicted octanol–water partition coefficient (Wildman–Crippen LogP) is 3.43. The van der Waals surface area contributed by atoms with E-state index in [0.29, 0.717) is 5.69 Å². The number of rotatable bonds is 1. The second kappa shape index (κ2) is 4.66. The largest absolute Gasteiger partial charge is 0.238 e. The summed E-state index contributed by atoms with van der Waals surface area (Å²) >= 11 is 0. The van der Waals surface area contributed by atoms with E-state index in [1.165, 1.54) is 0 Å². The molecule has 1 atom stereocenters. The summed E-state index contributed by atoms with van der Waals surface area (Å²) < 4.78 is 16.1. The van der Waals surface area contributed by atoms with E-state index in [-0.39, 0.29) is 4.75 Å². The molecule has 0 bridgehead atoms. The van der Waals surface area contributed by atoms with Gasteiger partial charge in [0.05, 0.1) is 17.0 Å². The third-order valence-electron chi connectivity index (χ3n) is 2.91. The summed E-state index contributed by atoms with van der Waals surface area (Å²) in [6.07, 6.45) is 1.61. The van der Waals surface area contributed by atoms with Gasteiger partial charge in [0.2, 0.25) is 0 Å². The molecule has 0 saturated heterocycles. The lowest BCUT2D eigenvalue weighted by molar-refractivity contribution is 0.650. The molecule has 0 spiro atoms. The maximum absolute atomic E-state index is 12.0. The van der Waals surface area contributed by atoms with Crippen molar-refractivity contribution >= 4 is 22.4 Å². The summed E-state index contributed by atoms with van der Waals surface area (Å²) in [5.74, 6) is 0. The molecule has 0 saturated carbocycles. The SMILES string of the molecule is [C-]#[N+]c1cccc2c1CC/C2=N\[S@@](=O)C(C)(C)C. The zero-order valence-electron chi connectivity index (χ0n) is 10.9. The van der Waals surface area contributed by atoms with Crippen LogP contribution in [-0.2, 0) is 17.4 Å². The molecule has 3 nitrogen and oxygen atoms in total. The molecule has 0 fully saturated rings. The summed E-state index contributed by atoms with van der Waals surface area (Å²) in [5.41, 5.74) is 3.63. The number of fused-ring (bicyclic) bond motifs is 1. The summed E-state index contributed by atoms with van der Waals surface area (Å²) in [4.78, 5) is 3.52. The number of benzene rings is 1. The first kappa shape index (κ1) is 13.0. The van der Waals surface area contributed by atoms with Gasteiger partial charge in [-0.25, -0.2) is 9.05 Å². The molecule has 0 N–H and O–H groups in total. The maximum atomic E-state index is 12.0. The monoisotopic (exact) mass is 260 g/mol. The third kappa shape index (κ3) is 2.37. The van der Waals surface area contributed by atoms with E-state index in [1.807, 2.05) is 39.0 Å². The van der Waals surface area contributed by atoms with Crippen molar-refractivity contribution in [2.75, 3.05) is 0 Å². The van der Waals surface area contributed by atoms with E-state index >= 15 is 0 Å². The highest BCUT2D eigenvalue weighted by atomic mass is 32.2. The summed E-state index contributed by atoms with van der Waals surface area (Å²) in [5, 5.41) is 0. The van der Waals surface area contributed by atoms with Crippen molar-refractivity contribution in [3.8, 4) is 0 Å². The number of hydrogen-bond donors (Lipinski definition) is 0. The van der Waals surface area contributed by atoms with Crippen LogP contribution < -0.4 is 0 Å². The lowest BCUT2D eigenvalue weighted by Gasteiger charge is -2.14. The van der Waals surface area contributed by atoms with Gasteiger partial charge in [0.1, 0.15) is 11.0 Å². The van der Waals surface area contributed by atoms with Crippen LogP contribution >= 0.6 is 0 Å². The van der Waals surface area contributed by atoms with Gasteiger partial charge in [0, 0.05) is 0 Å².